The van der Waals surface area contributed by atoms with Crippen LogP contribution in [0, 0.1) is 0 Å². The summed E-state index contributed by atoms with van der Waals surface area (Å²) in [6.07, 6.45) is 1.75. The number of rotatable bonds is 0. The fourth-order valence-corrected chi connectivity index (χ4v) is 4.50. The van der Waals surface area contributed by atoms with Crippen LogP contribution in [0.2, 0.25) is 0 Å². The second-order valence-electron chi connectivity index (χ2n) is 3.12. The van der Waals surface area contributed by atoms with Gasteiger partial charge < -0.3 is 0 Å². The van der Waals surface area contributed by atoms with E-state index in [4.69, 9.17) is 0 Å². The maximum atomic E-state index is 12.1. The van der Waals surface area contributed by atoms with Gasteiger partial charge in [-0.25, -0.2) is 0 Å². The number of hydrogen-bond donors (Lipinski definition) is 0. The molecule has 0 fully saturated rings. The Hall–Kier alpha value is -1.31. The molecule has 0 saturated carbocycles. The first kappa shape index (κ1) is 8.04. The molecule has 0 saturated heterocycles. The van der Waals surface area contributed by atoms with Crippen molar-refractivity contribution in [2.75, 3.05) is 0 Å². The Morgan fingerprint density at radius 3 is 2.71 bits per heavy atom. The van der Waals surface area contributed by atoms with Crippen LogP contribution >= 0.6 is 0 Å². The van der Waals surface area contributed by atoms with Gasteiger partial charge in [0.15, 0.2) is 0 Å². The van der Waals surface area contributed by atoms with Crippen LogP contribution < -0.4 is 8.92 Å². The predicted molar refractivity (Wildman–Crippen MR) is 55.4 cm³/mol. The van der Waals surface area contributed by atoms with E-state index in [9.17, 15) is 3.83 Å². The van der Waals surface area contributed by atoms with Crippen LogP contribution in [0.5, 0.6) is 0 Å². The van der Waals surface area contributed by atoms with Crippen LogP contribution in [-0.2, 0) is 3.83 Å². The predicted octanol–water partition coefficient (Wildman–Crippen LogP) is 0.598. The molecular weight excluding hydrogens is 241 g/mol. The van der Waals surface area contributed by atoms with E-state index >= 15 is 0 Å². The van der Waals surface area contributed by atoms with E-state index in [1.165, 1.54) is 0 Å². The Morgan fingerprint density at radius 1 is 1.00 bits per heavy atom. The van der Waals surface area contributed by atoms with Crippen molar-refractivity contribution in [3.8, 4) is 11.3 Å². The molecule has 14 heavy (non-hydrogen) atoms. The first-order valence-electron chi connectivity index (χ1n) is 4.34. The first-order valence-corrected chi connectivity index (χ1v) is 6.75. The first-order chi connectivity index (χ1) is 6.88. The standard InChI is InChI=1S/C11H7NOSe/c13-14-9-5-2-1-4-8(9)11-10(14)6-3-7-12-11/h1-7H. The summed E-state index contributed by atoms with van der Waals surface area (Å²) in [5.74, 6) is 0. The number of hydrogen-bond acceptors (Lipinski definition) is 2. The molecule has 0 bridgehead atoms. The molecule has 1 atom stereocenters. The Labute approximate surface area is 85.7 Å². The fraction of sp³-hybridized carbons (Fsp3) is 0. The Bertz CT molecular complexity index is 489. The van der Waals surface area contributed by atoms with E-state index in [-0.39, 0.29) is 0 Å². The Balaban J connectivity index is 2.42. The van der Waals surface area contributed by atoms with Gasteiger partial charge in [0.05, 0.1) is 0 Å². The number of fused-ring (bicyclic) bond motifs is 3. The zero-order chi connectivity index (χ0) is 9.54. The van der Waals surface area contributed by atoms with Gasteiger partial charge in [-0.1, -0.05) is 0 Å². The van der Waals surface area contributed by atoms with Crippen molar-refractivity contribution in [2.24, 2.45) is 0 Å². The molecule has 3 rings (SSSR count). The summed E-state index contributed by atoms with van der Waals surface area (Å²) in [7, 11) is 0. The third-order valence-corrected chi connectivity index (χ3v) is 5.43. The summed E-state index contributed by atoms with van der Waals surface area (Å²) in [6, 6.07) is 11.6. The summed E-state index contributed by atoms with van der Waals surface area (Å²) in [4.78, 5) is 4.28. The molecule has 1 aromatic heterocycles. The van der Waals surface area contributed by atoms with Crippen LogP contribution in [0.3, 0.4) is 0 Å². The third-order valence-electron chi connectivity index (χ3n) is 2.31. The van der Waals surface area contributed by atoms with Gasteiger partial charge in [-0.3, -0.25) is 0 Å². The molecular formula is C11H7NOSe. The zero-order valence-corrected chi connectivity index (χ0v) is 9.02. The molecule has 0 radical (unpaired) electrons. The van der Waals surface area contributed by atoms with Gasteiger partial charge in [-0.15, -0.1) is 0 Å². The molecule has 1 aromatic carbocycles. The molecule has 68 valence electrons. The van der Waals surface area contributed by atoms with Crippen molar-refractivity contribution in [1.82, 2.24) is 4.98 Å². The molecule has 1 aliphatic heterocycles. The second-order valence-corrected chi connectivity index (χ2v) is 6.09. The third kappa shape index (κ3) is 0.939. The monoisotopic (exact) mass is 249 g/mol. The normalized spacial score (nSPS) is 17.6. The number of benzene rings is 1. The summed E-state index contributed by atoms with van der Waals surface area (Å²) >= 11 is -2.02. The summed E-state index contributed by atoms with van der Waals surface area (Å²) in [5.41, 5.74) is 1.95. The number of aromatic nitrogens is 1. The minimum atomic E-state index is -2.02. The van der Waals surface area contributed by atoms with Crippen molar-refractivity contribution in [2.45, 2.75) is 0 Å². The summed E-state index contributed by atoms with van der Waals surface area (Å²) < 4.78 is 14.0. The van der Waals surface area contributed by atoms with Gasteiger partial charge in [-0.05, 0) is 0 Å². The van der Waals surface area contributed by atoms with E-state index in [1.807, 2.05) is 36.4 Å². The maximum absolute atomic E-state index is 12.1. The van der Waals surface area contributed by atoms with Crippen LogP contribution in [0.1, 0.15) is 0 Å². The van der Waals surface area contributed by atoms with Gasteiger partial charge in [0.2, 0.25) is 0 Å². The average Bonchev–Trinajstić information content (AvgIpc) is 2.55. The average molecular weight is 248 g/mol. The number of pyridine rings is 1. The van der Waals surface area contributed by atoms with Gasteiger partial charge in [-0.2, -0.15) is 0 Å². The van der Waals surface area contributed by atoms with Crippen molar-refractivity contribution in [3.63, 3.8) is 0 Å². The van der Waals surface area contributed by atoms with Crippen LogP contribution in [0.15, 0.2) is 42.6 Å². The topological polar surface area (TPSA) is 30.0 Å². The minimum absolute atomic E-state index is 0.906. The summed E-state index contributed by atoms with van der Waals surface area (Å²) in [5, 5.41) is 0. The van der Waals surface area contributed by atoms with Gasteiger partial charge in [0, 0.05) is 0 Å². The van der Waals surface area contributed by atoms with Crippen molar-refractivity contribution in [1.29, 1.82) is 0 Å². The van der Waals surface area contributed by atoms with E-state index in [0.717, 1.165) is 20.2 Å². The molecule has 0 N–H and O–H groups in total. The molecule has 2 nitrogen and oxygen atoms in total. The van der Waals surface area contributed by atoms with E-state index in [2.05, 4.69) is 4.98 Å². The Kier molecular flexibility index (Phi) is 1.63. The molecule has 0 aliphatic carbocycles. The van der Waals surface area contributed by atoms with Gasteiger partial charge >= 0.3 is 85.4 Å². The zero-order valence-electron chi connectivity index (χ0n) is 7.31. The molecule has 0 spiro atoms. The SMILES string of the molecule is O=[Se]1c2ccccc2-c2ncccc21. The van der Waals surface area contributed by atoms with Gasteiger partial charge in [0.25, 0.3) is 0 Å². The molecule has 2 aromatic rings. The second kappa shape index (κ2) is 2.84. The van der Waals surface area contributed by atoms with Crippen molar-refractivity contribution in [3.05, 3.63) is 42.6 Å². The van der Waals surface area contributed by atoms with Crippen LogP contribution in [-0.4, -0.2) is 18.8 Å². The van der Waals surface area contributed by atoms with Crippen molar-refractivity contribution < 1.29 is 3.83 Å². The van der Waals surface area contributed by atoms with E-state index in [0.29, 0.717) is 0 Å². The van der Waals surface area contributed by atoms with Crippen LogP contribution in [0.4, 0.5) is 0 Å². The Morgan fingerprint density at radius 2 is 1.79 bits per heavy atom. The molecule has 0 amide bonds. The van der Waals surface area contributed by atoms with Gasteiger partial charge in [0.1, 0.15) is 0 Å². The fourth-order valence-electron chi connectivity index (χ4n) is 1.68. The quantitative estimate of drug-likeness (QED) is 0.545. The van der Waals surface area contributed by atoms with E-state index in [1.54, 1.807) is 6.20 Å². The van der Waals surface area contributed by atoms with Crippen molar-refractivity contribution >= 4 is 22.8 Å². The molecule has 3 heteroatoms. The summed E-state index contributed by atoms with van der Waals surface area (Å²) in [6.45, 7) is 0. The molecule has 1 aliphatic rings. The molecule has 1 unspecified atom stereocenters. The van der Waals surface area contributed by atoms with Crippen LogP contribution in [0.25, 0.3) is 11.3 Å². The molecule has 2 heterocycles. The van der Waals surface area contributed by atoms with E-state index < -0.39 is 13.8 Å². The number of nitrogens with zero attached hydrogens (tertiary/aromatic N) is 1.